The third kappa shape index (κ3) is 5.76. The number of hydrogen-bond donors (Lipinski definition) is 0. The van der Waals surface area contributed by atoms with Gasteiger partial charge in [-0.2, -0.15) is 0 Å². The Kier molecular flexibility index (Phi) is 7.82. The molecule has 1 aromatic carbocycles. The quantitative estimate of drug-likeness (QED) is 0.644. The highest BCUT2D eigenvalue weighted by atomic mass is 16.6. The molecule has 0 radical (unpaired) electrons. The highest BCUT2D eigenvalue weighted by Gasteiger charge is 2.32. The maximum absolute atomic E-state index is 13.0. The van der Waals surface area contributed by atoms with Crippen LogP contribution in [0, 0.1) is 5.92 Å². The molecular formula is C25H33N5O4. The lowest BCUT2D eigenvalue weighted by atomic mass is 9.95. The number of aryl methyl sites for hydroxylation is 1. The normalized spacial score (nSPS) is 16.9. The van der Waals surface area contributed by atoms with Gasteiger partial charge in [0.1, 0.15) is 17.9 Å². The maximum atomic E-state index is 13.0. The third-order valence-corrected chi connectivity index (χ3v) is 6.47. The Bertz CT molecular complexity index is 968. The van der Waals surface area contributed by atoms with Crippen LogP contribution < -0.4 is 9.64 Å². The molecule has 0 aliphatic carbocycles. The lowest BCUT2D eigenvalue weighted by Crippen LogP contribution is -2.53. The van der Waals surface area contributed by atoms with Crippen LogP contribution in [0.4, 0.5) is 10.6 Å². The molecule has 0 saturated carbocycles. The number of amides is 2. The highest BCUT2D eigenvalue weighted by Crippen LogP contribution is 2.27. The summed E-state index contributed by atoms with van der Waals surface area (Å²) in [5.74, 6) is 2.25. The molecule has 0 spiro atoms. The van der Waals surface area contributed by atoms with Crippen LogP contribution >= 0.6 is 0 Å². The summed E-state index contributed by atoms with van der Waals surface area (Å²) in [5.41, 5.74) is 1.26. The Balaban J connectivity index is 1.28. The second kappa shape index (κ2) is 11.2. The van der Waals surface area contributed by atoms with Gasteiger partial charge in [-0.3, -0.25) is 4.79 Å². The molecule has 9 nitrogen and oxygen atoms in total. The minimum atomic E-state index is -0.297. The van der Waals surface area contributed by atoms with E-state index in [9.17, 15) is 9.59 Å². The van der Waals surface area contributed by atoms with Crippen molar-refractivity contribution in [2.75, 3.05) is 50.8 Å². The van der Waals surface area contributed by atoms with Gasteiger partial charge in [0.15, 0.2) is 0 Å². The van der Waals surface area contributed by atoms with Gasteiger partial charge in [0.2, 0.25) is 11.8 Å². The van der Waals surface area contributed by atoms with Crippen LogP contribution in [0.2, 0.25) is 0 Å². The first-order chi connectivity index (χ1) is 16.6. The number of ether oxygens (including phenoxy) is 2. The number of anilines is 1. The number of piperidine rings is 1. The first kappa shape index (κ1) is 23.8. The topological polar surface area (TPSA) is 88.1 Å². The smallest absolute Gasteiger partial charge is 0.409 e. The Hall–Kier alpha value is -3.36. The molecular weight excluding hydrogens is 434 g/mol. The first-order valence-electron chi connectivity index (χ1n) is 12.1. The summed E-state index contributed by atoms with van der Waals surface area (Å²) in [4.78, 5) is 39.3. The van der Waals surface area contributed by atoms with Gasteiger partial charge in [-0.15, -0.1) is 0 Å². The Morgan fingerprint density at radius 3 is 2.26 bits per heavy atom. The average Bonchev–Trinajstić information content (AvgIpc) is 2.89. The summed E-state index contributed by atoms with van der Waals surface area (Å²) < 4.78 is 11.0. The SMILES string of the molecule is CCOC(=O)N1CCN(C(=O)C2CCN(c3cc(Oc4ccc(CC)cc4)ncn3)CC2)CC1. The van der Waals surface area contributed by atoms with Crippen LogP contribution in [-0.4, -0.2) is 77.6 Å². The van der Waals surface area contributed by atoms with Gasteiger partial charge in [-0.05, 0) is 43.9 Å². The van der Waals surface area contributed by atoms with Crippen molar-refractivity contribution < 1.29 is 19.1 Å². The van der Waals surface area contributed by atoms with Crippen molar-refractivity contribution >= 4 is 17.8 Å². The Labute approximate surface area is 200 Å². The van der Waals surface area contributed by atoms with Crippen LogP contribution in [0.3, 0.4) is 0 Å². The van der Waals surface area contributed by atoms with Crippen LogP contribution in [0.1, 0.15) is 32.3 Å². The number of hydrogen-bond acceptors (Lipinski definition) is 7. The zero-order chi connectivity index (χ0) is 23.9. The molecule has 0 atom stereocenters. The van der Waals surface area contributed by atoms with Gasteiger partial charge in [0.05, 0.1) is 6.61 Å². The molecule has 0 N–H and O–H groups in total. The van der Waals surface area contributed by atoms with E-state index in [2.05, 4.69) is 33.9 Å². The fourth-order valence-corrected chi connectivity index (χ4v) is 4.41. The average molecular weight is 468 g/mol. The number of carbonyl (C=O) groups is 2. The monoisotopic (exact) mass is 467 g/mol. The summed E-state index contributed by atoms with van der Waals surface area (Å²) in [5, 5.41) is 0. The molecule has 2 aromatic rings. The van der Waals surface area contributed by atoms with Gasteiger partial charge >= 0.3 is 6.09 Å². The highest BCUT2D eigenvalue weighted by molar-refractivity contribution is 5.79. The number of aromatic nitrogens is 2. The standard InChI is InChI=1S/C25H33N5O4/c1-3-19-5-7-21(8-6-19)34-23-17-22(26-18-27-23)28-11-9-20(10-12-28)24(31)29-13-15-30(16-14-29)25(32)33-4-2/h5-8,17-18,20H,3-4,9-16H2,1-2H3. The number of piperazine rings is 1. The fraction of sp³-hybridized carbons (Fsp3) is 0.520. The zero-order valence-electron chi connectivity index (χ0n) is 20.0. The van der Waals surface area contributed by atoms with E-state index in [0.29, 0.717) is 38.7 Å². The summed E-state index contributed by atoms with van der Waals surface area (Å²) in [7, 11) is 0. The lowest BCUT2D eigenvalue weighted by Gasteiger charge is -2.38. The van der Waals surface area contributed by atoms with Crippen molar-refractivity contribution in [1.29, 1.82) is 0 Å². The van der Waals surface area contributed by atoms with Crippen molar-refractivity contribution in [3.63, 3.8) is 0 Å². The number of benzene rings is 1. The van der Waals surface area contributed by atoms with E-state index in [4.69, 9.17) is 9.47 Å². The maximum Gasteiger partial charge on any atom is 0.409 e. The molecule has 0 bridgehead atoms. The third-order valence-electron chi connectivity index (χ3n) is 6.47. The second-order valence-electron chi connectivity index (χ2n) is 8.59. The van der Waals surface area contributed by atoms with E-state index in [-0.39, 0.29) is 17.9 Å². The fourth-order valence-electron chi connectivity index (χ4n) is 4.41. The van der Waals surface area contributed by atoms with E-state index in [0.717, 1.165) is 43.9 Å². The van der Waals surface area contributed by atoms with E-state index in [1.165, 1.54) is 11.9 Å². The van der Waals surface area contributed by atoms with Crippen molar-refractivity contribution in [2.45, 2.75) is 33.1 Å². The summed E-state index contributed by atoms with van der Waals surface area (Å²) >= 11 is 0. The molecule has 2 saturated heterocycles. The number of rotatable bonds is 6. The Morgan fingerprint density at radius 1 is 0.941 bits per heavy atom. The van der Waals surface area contributed by atoms with Crippen molar-refractivity contribution in [1.82, 2.24) is 19.8 Å². The molecule has 1 aromatic heterocycles. The molecule has 3 heterocycles. The van der Waals surface area contributed by atoms with E-state index in [1.54, 1.807) is 11.8 Å². The predicted molar refractivity (Wildman–Crippen MR) is 128 cm³/mol. The zero-order valence-corrected chi connectivity index (χ0v) is 20.0. The van der Waals surface area contributed by atoms with Crippen LogP contribution in [-0.2, 0) is 16.0 Å². The van der Waals surface area contributed by atoms with E-state index < -0.39 is 0 Å². The minimum Gasteiger partial charge on any atom is -0.450 e. The molecule has 9 heteroatoms. The Morgan fingerprint density at radius 2 is 1.62 bits per heavy atom. The number of nitrogens with zero attached hydrogens (tertiary/aromatic N) is 5. The second-order valence-corrected chi connectivity index (χ2v) is 8.59. The van der Waals surface area contributed by atoms with Gasteiger partial charge in [0.25, 0.3) is 0 Å². The molecule has 2 aliphatic heterocycles. The molecule has 182 valence electrons. The van der Waals surface area contributed by atoms with E-state index in [1.807, 2.05) is 23.1 Å². The van der Waals surface area contributed by atoms with Gasteiger partial charge < -0.3 is 24.2 Å². The molecule has 0 unspecified atom stereocenters. The molecule has 4 rings (SSSR count). The van der Waals surface area contributed by atoms with Gasteiger partial charge in [0, 0.05) is 51.3 Å². The first-order valence-corrected chi connectivity index (χ1v) is 12.1. The molecule has 2 aliphatic rings. The molecule has 34 heavy (non-hydrogen) atoms. The summed E-state index contributed by atoms with van der Waals surface area (Å²) in [6.45, 7) is 7.94. The van der Waals surface area contributed by atoms with Crippen molar-refractivity contribution in [3.8, 4) is 11.6 Å². The van der Waals surface area contributed by atoms with Crippen LogP contribution in [0.5, 0.6) is 11.6 Å². The van der Waals surface area contributed by atoms with Crippen molar-refractivity contribution in [3.05, 3.63) is 42.2 Å². The molecule has 2 fully saturated rings. The molecule has 2 amide bonds. The van der Waals surface area contributed by atoms with E-state index >= 15 is 0 Å². The van der Waals surface area contributed by atoms with Gasteiger partial charge in [-0.1, -0.05) is 19.1 Å². The van der Waals surface area contributed by atoms with Crippen LogP contribution in [0.15, 0.2) is 36.7 Å². The van der Waals surface area contributed by atoms with Crippen LogP contribution in [0.25, 0.3) is 0 Å². The summed E-state index contributed by atoms with van der Waals surface area (Å²) in [6, 6.07) is 9.85. The number of carbonyl (C=O) groups excluding carboxylic acids is 2. The van der Waals surface area contributed by atoms with Gasteiger partial charge in [-0.25, -0.2) is 14.8 Å². The predicted octanol–water partition coefficient (Wildman–Crippen LogP) is 3.35. The largest absolute Gasteiger partial charge is 0.450 e. The van der Waals surface area contributed by atoms with Crippen molar-refractivity contribution in [2.24, 2.45) is 5.92 Å². The lowest BCUT2D eigenvalue weighted by molar-refractivity contribution is -0.137. The summed E-state index contributed by atoms with van der Waals surface area (Å²) in [6.07, 6.45) is 3.76. The minimum absolute atomic E-state index is 0.0000289.